The smallest absolute Gasteiger partial charge is 0.337 e. The second-order valence-electron chi connectivity index (χ2n) is 8.57. The lowest BCUT2D eigenvalue weighted by atomic mass is 9.72. The predicted octanol–water partition coefficient (Wildman–Crippen LogP) is 5.79. The van der Waals surface area contributed by atoms with Crippen molar-refractivity contribution in [3.8, 4) is 0 Å². The molecule has 0 amide bonds. The number of carbonyl (C=O) groups is 2. The zero-order chi connectivity index (χ0) is 23.0. The molecule has 4 rings (SSSR count). The standard InChI is InChI=1S/C26H25ClFNO3/c1-14(2)32-26(31)23-15(3)29-21-12-18(16-4-8-19(27)9-5-16)13-22(30)25(21)24(23)17-6-10-20(28)11-7-17/h4-11,14,18,24,29H,12-13H2,1-3H3/t18-,24-/m0/s1. The Hall–Kier alpha value is -2.92. The monoisotopic (exact) mass is 453 g/mol. The lowest BCUT2D eigenvalue weighted by molar-refractivity contribution is -0.143. The van der Waals surface area contributed by atoms with Gasteiger partial charge in [0.2, 0.25) is 0 Å². The van der Waals surface area contributed by atoms with Gasteiger partial charge in [-0.3, -0.25) is 4.79 Å². The van der Waals surface area contributed by atoms with Crippen LogP contribution in [0.5, 0.6) is 0 Å². The molecule has 0 saturated carbocycles. The first-order valence-electron chi connectivity index (χ1n) is 10.7. The van der Waals surface area contributed by atoms with Crippen molar-refractivity contribution in [3.63, 3.8) is 0 Å². The third kappa shape index (κ3) is 4.35. The molecule has 1 heterocycles. The Morgan fingerprint density at radius 3 is 2.31 bits per heavy atom. The highest BCUT2D eigenvalue weighted by Crippen LogP contribution is 2.45. The first kappa shape index (κ1) is 22.3. The summed E-state index contributed by atoms with van der Waals surface area (Å²) in [6.45, 7) is 5.38. The summed E-state index contributed by atoms with van der Waals surface area (Å²) in [5, 5.41) is 3.96. The van der Waals surface area contributed by atoms with Crippen LogP contribution in [0.4, 0.5) is 4.39 Å². The van der Waals surface area contributed by atoms with Gasteiger partial charge >= 0.3 is 5.97 Å². The number of Topliss-reactive ketones (excluding diaryl/α,β-unsaturated/α-hetero) is 1. The van der Waals surface area contributed by atoms with Crippen LogP contribution in [-0.2, 0) is 14.3 Å². The van der Waals surface area contributed by atoms with Crippen LogP contribution in [0, 0.1) is 5.82 Å². The molecule has 2 aromatic carbocycles. The van der Waals surface area contributed by atoms with Crippen molar-refractivity contribution < 1.29 is 18.7 Å². The maximum Gasteiger partial charge on any atom is 0.337 e. The Balaban J connectivity index is 1.78. The van der Waals surface area contributed by atoms with Crippen LogP contribution < -0.4 is 5.32 Å². The number of ketones is 1. The molecule has 2 aliphatic rings. The fourth-order valence-electron chi connectivity index (χ4n) is 4.55. The van der Waals surface area contributed by atoms with Crippen molar-refractivity contribution in [2.45, 2.75) is 51.6 Å². The van der Waals surface area contributed by atoms with Gasteiger partial charge in [0.25, 0.3) is 0 Å². The van der Waals surface area contributed by atoms with Crippen molar-refractivity contribution in [2.24, 2.45) is 0 Å². The number of dihydropyridines is 1. The third-order valence-corrected chi connectivity index (χ3v) is 6.19. The van der Waals surface area contributed by atoms with Crippen molar-refractivity contribution in [3.05, 3.63) is 93.0 Å². The summed E-state index contributed by atoms with van der Waals surface area (Å²) in [7, 11) is 0. The molecule has 32 heavy (non-hydrogen) atoms. The highest BCUT2D eigenvalue weighted by molar-refractivity contribution is 6.30. The second kappa shape index (κ2) is 8.91. The number of rotatable bonds is 4. The van der Waals surface area contributed by atoms with Crippen LogP contribution in [0.25, 0.3) is 0 Å². The molecular formula is C26H25ClFNO3. The van der Waals surface area contributed by atoms with E-state index in [2.05, 4.69) is 5.32 Å². The maximum atomic E-state index is 13.6. The van der Waals surface area contributed by atoms with E-state index >= 15 is 0 Å². The number of ether oxygens (including phenoxy) is 1. The normalized spacial score (nSPS) is 20.9. The Labute approximate surface area is 192 Å². The summed E-state index contributed by atoms with van der Waals surface area (Å²) in [6.07, 6.45) is 0.652. The van der Waals surface area contributed by atoms with Crippen LogP contribution in [0.15, 0.2) is 71.1 Å². The number of esters is 1. The SMILES string of the molecule is CC1=C(C(=O)OC(C)C)[C@H](c2ccc(F)cc2)C2=C(C[C@H](c3ccc(Cl)cc3)CC2=O)N1. The molecule has 0 bridgehead atoms. The Morgan fingerprint density at radius 2 is 1.69 bits per heavy atom. The van der Waals surface area contributed by atoms with E-state index in [1.165, 1.54) is 12.1 Å². The number of nitrogens with one attached hydrogen (secondary N) is 1. The Morgan fingerprint density at radius 1 is 1.06 bits per heavy atom. The quantitative estimate of drug-likeness (QED) is 0.595. The highest BCUT2D eigenvalue weighted by Gasteiger charge is 2.41. The Bertz CT molecular complexity index is 1120. The number of hydrogen-bond acceptors (Lipinski definition) is 4. The van der Waals surface area contributed by atoms with Gasteiger partial charge in [-0.2, -0.15) is 0 Å². The van der Waals surface area contributed by atoms with Gasteiger partial charge in [-0.25, -0.2) is 9.18 Å². The molecule has 4 nitrogen and oxygen atoms in total. The molecule has 2 aromatic rings. The topological polar surface area (TPSA) is 55.4 Å². The predicted molar refractivity (Wildman–Crippen MR) is 122 cm³/mol. The summed E-state index contributed by atoms with van der Waals surface area (Å²) in [4.78, 5) is 26.5. The van der Waals surface area contributed by atoms with Gasteiger partial charge in [0, 0.05) is 34.3 Å². The molecule has 0 fully saturated rings. The van der Waals surface area contributed by atoms with Crippen molar-refractivity contribution in [1.29, 1.82) is 0 Å². The lowest BCUT2D eigenvalue weighted by Gasteiger charge is -2.37. The summed E-state index contributed by atoms with van der Waals surface area (Å²) in [5.41, 5.74) is 4.13. The number of allylic oxidation sites excluding steroid dienone is 3. The first-order valence-corrected chi connectivity index (χ1v) is 11.1. The van der Waals surface area contributed by atoms with Crippen LogP contribution in [-0.4, -0.2) is 17.9 Å². The van der Waals surface area contributed by atoms with Crippen molar-refractivity contribution in [2.75, 3.05) is 0 Å². The van der Waals surface area contributed by atoms with Crippen LogP contribution >= 0.6 is 11.6 Å². The lowest BCUT2D eigenvalue weighted by Crippen LogP contribution is -2.36. The number of benzene rings is 2. The first-order chi connectivity index (χ1) is 15.2. The van der Waals surface area contributed by atoms with Gasteiger partial charge in [0.15, 0.2) is 5.78 Å². The van der Waals surface area contributed by atoms with Crippen LogP contribution in [0.2, 0.25) is 5.02 Å². The zero-order valence-electron chi connectivity index (χ0n) is 18.2. The van der Waals surface area contributed by atoms with E-state index in [4.69, 9.17) is 16.3 Å². The Kier molecular flexibility index (Phi) is 6.20. The van der Waals surface area contributed by atoms with Gasteiger partial charge in [-0.1, -0.05) is 35.9 Å². The third-order valence-electron chi connectivity index (χ3n) is 5.93. The number of hydrogen-bond donors (Lipinski definition) is 1. The van der Waals surface area contributed by atoms with Gasteiger partial charge in [-0.15, -0.1) is 0 Å². The molecule has 6 heteroatoms. The summed E-state index contributed by atoms with van der Waals surface area (Å²) in [6, 6.07) is 13.5. The number of halogens is 2. The minimum Gasteiger partial charge on any atom is -0.460 e. The van der Waals surface area contributed by atoms with Gasteiger partial charge in [-0.05, 0) is 68.5 Å². The molecule has 0 unspecified atom stereocenters. The van der Waals surface area contributed by atoms with E-state index in [-0.39, 0.29) is 23.6 Å². The molecule has 0 aromatic heterocycles. The molecule has 0 saturated heterocycles. The largest absolute Gasteiger partial charge is 0.460 e. The van der Waals surface area contributed by atoms with E-state index in [1.807, 2.05) is 31.2 Å². The van der Waals surface area contributed by atoms with Crippen molar-refractivity contribution >= 4 is 23.4 Å². The fourth-order valence-corrected chi connectivity index (χ4v) is 4.67. The molecule has 166 valence electrons. The molecular weight excluding hydrogens is 429 g/mol. The minimum absolute atomic E-state index is 0.0110. The van der Waals surface area contributed by atoms with E-state index in [9.17, 15) is 14.0 Å². The zero-order valence-corrected chi connectivity index (χ0v) is 19.0. The van der Waals surface area contributed by atoms with Crippen LogP contribution in [0.1, 0.15) is 56.6 Å². The fraction of sp³-hybridized carbons (Fsp3) is 0.308. The van der Waals surface area contributed by atoms with E-state index < -0.39 is 11.9 Å². The van der Waals surface area contributed by atoms with Crippen molar-refractivity contribution in [1.82, 2.24) is 5.32 Å². The highest BCUT2D eigenvalue weighted by atomic mass is 35.5. The van der Waals surface area contributed by atoms with Crippen LogP contribution in [0.3, 0.4) is 0 Å². The molecule has 1 N–H and O–H groups in total. The summed E-state index contributed by atoms with van der Waals surface area (Å²) < 4.78 is 19.1. The van der Waals surface area contributed by atoms with Gasteiger partial charge in [0.05, 0.1) is 11.7 Å². The second-order valence-corrected chi connectivity index (χ2v) is 9.01. The van der Waals surface area contributed by atoms with E-state index in [0.717, 1.165) is 11.3 Å². The summed E-state index contributed by atoms with van der Waals surface area (Å²) in [5.74, 6) is -1.47. The van der Waals surface area contributed by atoms with Gasteiger partial charge < -0.3 is 10.1 Å². The van der Waals surface area contributed by atoms with Gasteiger partial charge in [0.1, 0.15) is 5.82 Å². The summed E-state index contributed by atoms with van der Waals surface area (Å²) >= 11 is 6.02. The average molecular weight is 454 g/mol. The molecule has 0 radical (unpaired) electrons. The number of carbonyl (C=O) groups excluding carboxylic acids is 2. The molecule has 0 spiro atoms. The van der Waals surface area contributed by atoms with E-state index in [0.29, 0.717) is 40.3 Å². The molecule has 2 atom stereocenters. The molecule has 1 aliphatic carbocycles. The molecule has 1 aliphatic heterocycles. The maximum absolute atomic E-state index is 13.6. The average Bonchev–Trinajstić information content (AvgIpc) is 2.73. The minimum atomic E-state index is -0.600. The van der Waals surface area contributed by atoms with E-state index in [1.54, 1.807) is 26.0 Å².